The number of hydrogen-bond donors (Lipinski definition) is 5. The molecule has 0 spiro atoms. The van der Waals surface area contributed by atoms with Gasteiger partial charge in [-0.15, -0.1) is 0 Å². The summed E-state index contributed by atoms with van der Waals surface area (Å²) < 4.78 is 0. The van der Waals surface area contributed by atoms with Crippen molar-refractivity contribution in [1.82, 2.24) is 30.7 Å². The zero-order valence-corrected chi connectivity index (χ0v) is 19.9. The molecular weight excluding hydrogens is 380 g/mol. The summed E-state index contributed by atoms with van der Waals surface area (Å²) in [6, 6.07) is 0. The smallest absolute Gasteiger partial charge is 0.0639 e. The minimum atomic E-state index is -0.304. The largest absolute Gasteiger partial charge is 0.392 e. The van der Waals surface area contributed by atoms with Crippen LogP contribution < -0.4 is 16.0 Å². The maximum absolute atomic E-state index is 9.81. The summed E-state index contributed by atoms with van der Waals surface area (Å²) in [6.45, 7) is 20.5. The molecule has 0 bridgehead atoms. The molecule has 8 nitrogen and oxygen atoms in total. The number of likely N-dealkylation sites (N-methyl/N-ethyl adjacent to an activating group) is 1. The van der Waals surface area contributed by atoms with E-state index < -0.39 is 0 Å². The maximum atomic E-state index is 9.81. The Morgan fingerprint density at radius 1 is 0.733 bits per heavy atom. The van der Waals surface area contributed by atoms with Gasteiger partial charge in [0, 0.05) is 78.5 Å². The van der Waals surface area contributed by atoms with Crippen LogP contribution in [0.5, 0.6) is 0 Å². The first-order valence-electron chi connectivity index (χ1n) is 12.2. The third kappa shape index (κ3) is 15.5. The molecule has 8 heteroatoms. The normalized spacial score (nSPS) is 17.3. The molecule has 1 saturated heterocycles. The summed E-state index contributed by atoms with van der Waals surface area (Å²) in [5, 5.41) is 29.9. The highest BCUT2D eigenvalue weighted by Gasteiger charge is 2.11. The summed E-state index contributed by atoms with van der Waals surface area (Å²) in [6.07, 6.45) is 2.09. The van der Waals surface area contributed by atoms with E-state index in [0.29, 0.717) is 13.1 Å². The van der Waals surface area contributed by atoms with E-state index in [9.17, 15) is 10.2 Å². The van der Waals surface area contributed by atoms with E-state index >= 15 is 0 Å². The molecule has 0 radical (unpaired) electrons. The number of nitrogens with one attached hydrogen (secondary N) is 3. The molecule has 1 heterocycles. The van der Waals surface area contributed by atoms with Crippen LogP contribution in [0, 0.1) is 0 Å². The molecule has 2 unspecified atom stereocenters. The Hall–Kier alpha value is -0.320. The summed E-state index contributed by atoms with van der Waals surface area (Å²) in [7, 11) is 0. The van der Waals surface area contributed by atoms with Gasteiger partial charge in [-0.25, -0.2) is 0 Å². The molecule has 180 valence electrons. The number of nitrogens with zero attached hydrogens (tertiary/aromatic N) is 3. The lowest BCUT2D eigenvalue weighted by Gasteiger charge is -2.26. The molecule has 0 saturated carbocycles. The van der Waals surface area contributed by atoms with Gasteiger partial charge in [0.1, 0.15) is 0 Å². The first-order valence-corrected chi connectivity index (χ1v) is 12.2. The van der Waals surface area contributed by atoms with Crippen molar-refractivity contribution in [1.29, 1.82) is 0 Å². The molecule has 1 fully saturated rings. The average molecular weight is 431 g/mol. The number of aliphatic hydroxyl groups excluding tert-OH is 2. The summed E-state index contributed by atoms with van der Waals surface area (Å²) in [5.74, 6) is 0. The van der Waals surface area contributed by atoms with Crippen molar-refractivity contribution < 1.29 is 10.2 Å². The Morgan fingerprint density at radius 2 is 1.17 bits per heavy atom. The number of aliphatic hydroxyl groups is 2. The highest BCUT2D eigenvalue weighted by molar-refractivity contribution is 4.69. The molecular formula is C22H50N6O2. The predicted octanol–water partition coefficient (Wildman–Crippen LogP) is -0.763. The van der Waals surface area contributed by atoms with Gasteiger partial charge in [-0.05, 0) is 46.3 Å². The molecule has 0 aromatic heterocycles. The SMILES string of the molecule is CCNCCN(CCNCCN(CCNCCN1CCCC1)CC(C)O)CC(C)O. The zero-order chi connectivity index (χ0) is 22.0. The van der Waals surface area contributed by atoms with Crippen LogP contribution in [0.2, 0.25) is 0 Å². The Bertz CT molecular complexity index is 381. The van der Waals surface area contributed by atoms with Gasteiger partial charge in [0.25, 0.3) is 0 Å². The van der Waals surface area contributed by atoms with Gasteiger partial charge in [-0.2, -0.15) is 0 Å². The van der Waals surface area contributed by atoms with Crippen LogP contribution in [0.4, 0.5) is 0 Å². The Labute approximate surface area is 185 Å². The van der Waals surface area contributed by atoms with Crippen molar-refractivity contribution in [3.8, 4) is 0 Å². The van der Waals surface area contributed by atoms with E-state index in [-0.39, 0.29) is 12.2 Å². The maximum Gasteiger partial charge on any atom is 0.0639 e. The molecule has 0 aromatic carbocycles. The minimum Gasteiger partial charge on any atom is -0.392 e. The second kappa shape index (κ2) is 18.3. The van der Waals surface area contributed by atoms with Crippen LogP contribution in [-0.2, 0) is 0 Å². The average Bonchev–Trinajstić information content (AvgIpc) is 3.19. The quantitative estimate of drug-likeness (QED) is 0.161. The molecule has 0 aromatic rings. The van der Waals surface area contributed by atoms with E-state index in [4.69, 9.17) is 0 Å². The first kappa shape index (κ1) is 27.7. The van der Waals surface area contributed by atoms with Crippen molar-refractivity contribution in [2.45, 2.75) is 45.8 Å². The van der Waals surface area contributed by atoms with E-state index in [1.54, 1.807) is 0 Å². The standard InChI is InChI=1S/C22H50N6O2/c1-4-23-7-15-27(19-21(2)29)16-10-25-11-18-28(20-22(3)30)17-9-24-8-14-26-12-5-6-13-26/h21-25,29-30H,4-20H2,1-3H3. The monoisotopic (exact) mass is 430 g/mol. The molecule has 30 heavy (non-hydrogen) atoms. The van der Waals surface area contributed by atoms with Crippen LogP contribution in [0.3, 0.4) is 0 Å². The third-order valence-electron chi connectivity index (χ3n) is 5.52. The lowest BCUT2D eigenvalue weighted by atomic mass is 10.3. The molecule has 5 N–H and O–H groups in total. The van der Waals surface area contributed by atoms with Gasteiger partial charge in [0.15, 0.2) is 0 Å². The van der Waals surface area contributed by atoms with Gasteiger partial charge in [-0.3, -0.25) is 9.80 Å². The fourth-order valence-electron chi connectivity index (χ4n) is 3.95. The van der Waals surface area contributed by atoms with E-state index in [1.165, 1.54) is 25.9 Å². The fraction of sp³-hybridized carbons (Fsp3) is 1.00. The molecule has 1 aliphatic heterocycles. The number of likely N-dealkylation sites (tertiary alicyclic amines) is 1. The molecule has 2 atom stereocenters. The van der Waals surface area contributed by atoms with Gasteiger partial charge in [0.2, 0.25) is 0 Å². The lowest BCUT2D eigenvalue weighted by Crippen LogP contribution is -2.43. The van der Waals surface area contributed by atoms with Crippen molar-refractivity contribution in [3.63, 3.8) is 0 Å². The lowest BCUT2D eigenvalue weighted by molar-refractivity contribution is 0.123. The van der Waals surface area contributed by atoms with Gasteiger partial charge < -0.3 is 31.1 Å². The first-order chi connectivity index (χ1) is 14.5. The van der Waals surface area contributed by atoms with Gasteiger partial charge >= 0.3 is 0 Å². The Balaban J connectivity index is 2.15. The molecule has 0 amide bonds. The van der Waals surface area contributed by atoms with Crippen molar-refractivity contribution >= 4 is 0 Å². The van der Waals surface area contributed by atoms with Gasteiger partial charge in [0.05, 0.1) is 12.2 Å². The van der Waals surface area contributed by atoms with Crippen molar-refractivity contribution in [3.05, 3.63) is 0 Å². The second-order valence-corrected chi connectivity index (χ2v) is 8.70. The summed E-state index contributed by atoms with van der Waals surface area (Å²) in [4.78, 5) is 7.17. The van der Waals surface area contributed by atoms with Crippen LogP contribution in [0.1, 0.15) is 33.6 Å². The van der Waals surface area contributed by atoms with Crippen molar-refractivity contribution in [2.24, 2.45) is 0 Å². The van der Waals surface area contributed by atoms with Crippen LogP contribution in [-0.4, -0.2) is 135 Å². The minimum absolute atomic E-state index is 0.300. The molecule has 0 aliphatic carbocycles. The van der Waals surface area contributed by atoms with E-state index in [2.05, 4.69) is 37.6 Å². The third-order valence-corrected chi connectivity index (χ3v) is 5.52. The van der Waals surface area contributed by atoms with Crippen LogP contribution in [0.15, 0.2) is 0 Å². The predicted molar refractivity (Wildman–Crippen MR) is 126 cm³/mol. The van der Waals surface area contributed by atoms with Gasteiger partial charge in [-0.1, -0.05) is 6.92 Å². The highest BCUT2D eigenvalue weighted by Crippen LogP contribution is 2.05. The summed E-state index contributed by atoms with van der Waals surface area (Å²) in [5.41, 5.74) is 0. The number of hydrogen-bond acceptors (Lipinski definition) is 8. The van der Waals surface area contributed by atoms with Crippen molar-refractivity contribution in [2.75, 3.05) is 98.2 Å². The van der Waals surface area contributed by atoms with E-state index in [1.807, 2.05) is 13.8 Å². The van der Waals surface area contributed by atoms with Crippen LogP contribution in [0.25, 0.3) is 0 Å². The second-order valence-electron chi connectivity index (χ2n) is 8.70. The highest BCUT2D eigenvalue weighted by atomic mass is 16.3. The molecule has 1 aliphatic rings. The van der Waals surface area contributed by atoms with E-state index in [0.717, 1.165) is 72.0 Å². The fourth-order valence-corrected chi connectivity index (χ4v) is 3.95. The Kier molecular flexibility index (Phi) is 16.9. The zero-order valence-electron chi connectivity index (χ0n) is 19.9. The Morgan fingerprint density at radius 3 is 1.60 bits per heavy atom. The topological polar surface area (TPSA) is 86.3 Å². The number of rotatable bonds is 20. The summed E-state index contributed by atoms with van der Waals surface area (Å²) >= 11 is 0. The van der Waals surface area contributed by atoms with Crippen LogP contribution >= 0.6 is 0 Å². The molecule has 1 rings (SSSR count).